The van der Waals surface area contributed by atoms with Gasteiger partial charge in [0.1, 0.15) is 11.3 Å². The molecular formula is C16H16ClN3O3. The van der Waals surface area contributed by atoms with E-state index in [4.69, 9.17) is 22.1 Å². The average molecular weight is 334 g/mol. The van der Waals surface area contributed by atoms with Crippen molar-refractivity contribution in [1.82, 2.24) is 9.88 Å². The predicted octanol–water partition coefficient (Wildman–Crippen LogP) is 1.60. The van der Waals surface area contributed by atoms with E-state index in [-0.39, 0.29) is 24.3 Å². The summed E-state index contributed by atoms with van der Waals surface area (Å²) in [7, 11) is 0. The van der Waals surface area contributed by atoms with Crippen molar-refractivity contribution in [2.75, 3.05) is 19.7 Å². The van der Waals surface area contributed by atoms with Gasteiger partial charge in [-0.3, -0.25) is 14.6 Å². The summed E-state index contributed by atoms with van der Waals surface area (Å²) in [5, 5.41) is 1.35. The number of halogens is 1. The van der Waals surface area contributed by atoms with Crippen molar-refractivity contribution in [2.45, 2.75) is 6.42 Å². The van der Waals surface area contributed by atoms with E-state index >= 15 is 0 Å². The molecule has 2 N–H and O–H groups in total. The van der Waals surface area contributed by atoms with Crippen LogP contribution in [0.3, 0.4) is 0 Å². The molecule has 1 aliphatic rings. The number of ether oxygens (including phenoxy) is 1. The Morgan fingerprint density at radius 2 is 2.22 bits per heavy atom. The van der Waals surface area contributed by atoms with Gasteiger partial charge < -0.3 is 15.4 Å². The van der Waals surface area contributed by atoms with Gasteiger partial charge in [-0.25, -0.2) is 0 Å². The number of pyridine rings is 1. The molecule has 7 heteroatoms. The van der Waals surface area contributed by atoms with Crippen molar-refractivity contribution < 1.29 is 14.3 Å². The van der Waals surface area contributed by atoms with Crippen LogP contribution in [0.25, 0.3) is 10.9 Å². The summed E-state index contributed by atoms with van der Waals surface area (Å²) in [5.74, 6) is -0.303. The zero-order valence-electron chi connectivity index (χ0n) is 12.4. The van der Waals surface area contributed by atoms with E-state index in [9.17, 15) is 9.59 Å². The monoisotopic (exact) mass is 333 g/mol. The van der Waals surface area contributed by atoms with Crippen molar-refractivity contribution in [3.8, 4) is 5.75 Å². The molecule has 3 rings (SSSR count). The van der Waals surface area contributed by atoms with Crippen LogP contribution >= 0.6 is 11.6 Å². The molecule has 1 saturated heterocycles. The van der Waals surface area contributed by atoms with Gasteiger partial charge in [-0.15, -0.1) is 0 Å². The van der Waals surface area contributed by atoms with E-state index in [2.05, 4.69) is 4.98 Å². The first-order valence-electron chi connectivity index (χ1n) is 7.29. The number of hydrogen-bond donors (Lipinski definition) is 1. The zero-order chi connectivity index (χ0) is 16.4. The van der Waals surface area contributed by atoms with Gasteiger partial charge in [0.2, 0.25) is 5.91 Å². The fourth-order valence-corrected chi connectivity index (χ4v) is 2.89. The van der Waals surface area contributed by atoms with Gasteiger partial charge >= 0.3 is 0 Å². The van der Waals surface area contributed by atoms with Crippen LogP contribution in [0.5, 0.6) is 5.75 Å². The van der Waals surface area contributed by atoms with Crippen molar-refractivity contribution >= 4 is 34.3 Å². The Morgan fingerprint density at radius 3 is 2.96 bits per heavy atom. The minimum absolute atomic E-state index is 0.112. The van der Waals surface area contributed by atoms with Gasteiger partial charge in [-0.05, 0) is 30.7 Å². The Morgan fingerprint density at radius 1 is 1.39 bits per heavy atom. The molecule has 1 atom stereocenters. The Balaban J connectivity index is 1.68. The number of nitrogens with two attached hydrogens (primary N) is 1. The van der Waals surface area contributed by atoms with E-state index < -0.39 is 0 Å². The molecule has 120 valence electrons. The minimum Gasteiger partial charge on any atom is -0.481 e. The van der Waals surface area contributed by atoms with Gasteiger partial charge in [-0.1, -0.05) is 11.6 Å². The van der Waals surface area contributed by atoms with E-state index in [0.29, 0.717) is 35.8 Å². The summed E-state index contributed by atoms with van der Waals surface area (Å²) in [5.41, 5.74) is 5.89. The number of carbonyl (C=O) groups excluding carboxylic acids is 2. The molecule has 0 spiro atoms. The molecule has 23 heavy (non-hydrogen) atoms. The number of hydrogen-bond acceptors (Lipinski definition) is 4. The van der Waals surface area contributed by atoms with Crippen LogP contribution in [0.4, 0.5) is 0 Å². The van der Waals surface area contributed by atoms with Crippen LogP contribution in [0.2, 0.25) is 5.02 Å². The lowest BCUT2D eigenvalue weighted by atomic mass is 10.1. The van der Waals surface area contributed by atoms with E-state index in [1.165, 1.54) is 0 Å². The fourth-order valence-electron chi connectivity index (χ4n) is 2.68. The predicted molar refractivity (Wildman–Crippen MR) is 86.1 cm³/mol. The largest absolute Gasteiger partial charge is 0.481 e. The van der Waals surface area contributed by atoms with E-state index in [1.54, 1.807) is 29.3 Å². The molecule has 0 radical (unpaired) electrons. The van der Waals surface area contributed by atoms with Crippen LogP contribution in [-0.2, 0) is 9.59 Å². The van der Waals surface area contributed by atoms with Crippen molar-refractivity contribution in [2.24, 2.45) is 11.7 Å². The third-order valence-electron chi connectivity index (χ3n) is 3.97. The molecule has 2 aromatic rings. The number of carbonyl (C=O) groups is 2. The van der Waals surface area contributed by atoms with Gasteiger partial charge in [0, 0.05) is 24.7 Å². The van der Waals surface area contributed by atoms with E-state index in [0.717, 1.165) is 5.39 Å². The summed E-state index contributed by atoms with van der Waals surface area (Å²) >= 11 is 6.13. The number of primary amides is 1. The van der Waals surface area contributed by atoms with Crippen molar-refractivity contribution in [3.63, 3.8) is 0 Å². The number of aromatic nitrogens is 1. The van der Waals surface area contributed by atoms with Crippen LogP contribution in [0.1, 0.15) is 6.42 Å². The third kappa shape index (κ3) is 3.22. The topological polar surface area (TPSA) is 85.5 Å². The maximum atomic E-state index is 12.2. The lowest BCUT2D eigenvalue weighted by molar-refractivity contribution is -0.132. The SMILES string of the molecule is NC(=O)[C@H]1CCN(C(=O)COc2ccc(Cl)c3cccnc23)C1. The lowest BCUT2D eigenvalue weighted by Gasteiger charge is -2.16. The molecule has 2 amide bonds. The van der Waals surface area contributed by atoms with Gasteiger partial charge in [-0.2, -0.15) is 0 Å². The third-order valence-corrected chi connectivity index (χ3v) is 4.30. The maximum Gasteiger partial charge on any atom is 0.260 e. The quantitative estimate of drug-likeness (QED) is 0.921. The summed E-state index contributed by atoms with van der Waals surface area (Å²) in [4.78, 5) is 29.2. The second-order valence-electron chi connectivity index (χ2n) is 5.46. The number of nitrogens with zero attached hydrogens (tertiary/aromatic N) is 2. The molecule has 1 aliphatic heterocycles. The molecule has 1 aromatic heterocycles. The van der Waals surface area contributed by atoms with Gasteiger partial charge in [0.25, 0.3) is 5.91 Å². The van der Waals surface area contributed by atoms with Crippen LogP contribution < -0.4 is 10.5 Å². The molecule has 0 aliphatic carbocycles. The number of fused-ring (bicyclic) bond motifs is 1. The Bertz CT molecular complexity index is 765. The number of amides is 2. The standard InChI is InChI=1S/C16H16ClN3O3/c17-12-3-4-13(15-11(12)2-1-6-19-15)23-9-14(21)20-7-5-10(8-20)16(18)22/h1-4,6,10H,5,7-9H2,(H2,18,22)/t10-/m0/s1. The molecule has 2 heterocycles. The molecular weight excluding hydrogens is 318 g/mol. The Labute approximate surface area is 138 Å². The second kappa shape index (κ2) is 6.42. The first-order chi connectivity index (χ1) is 11.1. The molecule has 6 nitrogen and oxygen atoms in total. The molecule has 0 unspecified atom stereocenters. The number of benzene rings is 1. The maximum absolute atomic E-state index is 12.2. The highest BCUT2D eigenvalue weighted by Crippen LogP contribution is 2.29. The number of rotatable bonds is 4. The average Bonchev–Trinajstić information content (AvgIpc) is 3.05. The molecule has 0 bridgehead atoms. The summed E-state index contributed by atoms with van der Waals surface area (Å²) < 4.78 is 5.62. The smallest absolute Gasteiger partial charge is 0.260 e. The van der Waals surface area contributed by atoms with Gasteiger partial charge in [0.05, 0.1) is 10.9 Å². The number of likely N-dealkylation sites (tertiary alicyclic amines) is 1. The van der Waals surface area contributed by atoms with Crippen molar-refractivity contribution in [3.05, 3.63) is 35.5 Å². The fraction of sp³-hybridized carbons (Fsp3) is 0.312. The first-order valence-corrected chi connectivity index (χ1v) is 7.67. The molecule has 1 aromatic carbocycles. The Kier molecular flexibility index (Phi) is 4.34. The van der Waals surface area contributed by atoms with Crippen LogP contribution in [0, 0.1) is 5.92 Å². The molecule has 0 saturated carbocycles. The highest BCUT2D eigenvalue weighted by molar-refractivity contribution is 6.35. The first kappa shape index (κ1) is 15.6. The highest BCUT2D eigenvalue weighted by Gasteiger charge is 2.29. The lowest BCUT2D eigenvalue weighted by Crippen LogP contribution is -2.34. The highest BCUT2D eigenvalue weighted by atomic mass is 35.5. The summed E-state index contributed by atoms with van der Waals surface area (Å²) in [6.07, 6.45) is 2.25. The summed E-state index contributed by atoms with van der Waals surface area (Å²) in [6.45, 7) is 0.769. The summed E-state index contributed by atoms with van der Waals surface area (Å²) in [6, 6.07) is 7.04. The van der Waals surface area contributed by atoms with Crippen molar-refractivity contribution in [1.29, 1.82) is 0 Å². The Hall–Kier alpha value is -2.34. The van der Waals surface area contributed by atoms with Crippen LogP contribution in [-0.4, -0.2) is 41.4 Å². The normalized spacial score (nSPS) is 17.4. The molecule has 1 fully saturated rings. The van der Waals surface area contributed by atoms with Crippen LogP contribution in [0.15, 0.2) is 30.5 Å². The van der Waals surface area contributed by atoms with Gasteiger partial charge in [0.15, 0.2) is 6.61 Å². The zero-order valence-corrected chi connectivity index (χ0v) is 13.1. The van der Waals surface area contributed by atoms with E-state index in [1.807, 2.05) is 6.07 Å². The second-order valence-corrected chi connectivity index (χ2v) is 5.87. The minimum atomic E-state index is -0.367.